The molecule has 5 nitrogen and oxygen atoms in total. The highest BCUT2D eigenvalue weighted by Crippen LogP contribution is 2.23. The highest BCUT2D eigenvalue weighted by Gasteiger charge is 2.19. The third-order valence-electron chi connectivity index (χ3n) is 4.76. The van der Waals surface area contributed by atoms with Crippen LogP contribution in [0.5, 0.6) is 0 Å². The maximum absolute atomic E-state index is 13.9. The number of para-hydroxylation sites is 1. The van der Waals surface area contributed by atoms with Gasteiger partial charge in [0.25, 0.3) is 0 Å². The predicted octanol–water partition coefficient (Wildman–Crippen LogP) is 4.13. The lowest BCUT2D eigenvalue weighted by atomic mass is 10.2. The molecule has 0 bridgehead atoms. The SMILES string of the molecule is Cc1cc(N2CCN(c3ccc(F)cc3)CC2)nc(Nc2ccccc2F)n1. The standard InChI is InChI=1S/C21H21F2N5/c1-15-14-20(26-21(24-15)25-19-5-3-2-4-18(19)23)28-12-10-27(11-13-28)17-8-6-16(22)7-9-17/h2-9,14H,10-13H2,1H3,(H,24,25,26). The fraction of sp³-hybridized carbons (Fsp3) is 0.238. The van der Waals surface area contributed by atoms with Crippen LogP contribution in [0.2, 0.25) is 0 Å². The number of hydrogen-bond donors (Lipinski definition) is 1. The second kappa shape index (κ2) is 7.80. The van der Waals surface area contributed by atoms with Gasteiger partial charge in [-0.15, -0.1) is 0 Å². The Kier molecular flexibility index (Phi) is 5.06. The summed E-state index contributed by atoms with van der Waals surface area (Å²) in [5, 5.41) is 2.96. The molecule has 0 unspecified atom stereocenters. The third kappa shape index (κ3) is 4.03. The van der Waals surface area contributed by atoms with E-state index in [1.807, 2.05) is 13.0 Å². The minimum atomic E-state index is -0.345. The van der Waals surface area contributed by atoms with Gasteiger partial charge in [-0.25, -0.2) is 13.8 Å². The van der Waals surface area contributed by atoms with Gasteiger partial charge in [-0.2, -0.15) is 4.98 Å². The summed E-state index contributed by atoms with van der Waals surface area (Å²) in [6, 6.07) is 15.0. The van der Waals surface area contributed by atoms with Crippen molar-refractivity contribution in [3.63, 3.8) is 0 Å². The van der Waals surface area contributed by atoms with Gasteiger partial charge in [0.2, 0.25) is 5.95 Å². The van der Waals surface area contributed by atoms with Crippen LogP contribution >= 0.6 is 0 Å². The van der Waals surface area contributed by atoms with E-state index < -0.39 is 0 Å². The fourth-order valence-electron chi connectivity index (χ4n) is 3.30. The topological polar surface area (TPSA) is 44.3 Å². The summed E-state index contributed by atoms with van der Waals surface area (Å²) in [6.07, 6.45) is 0. The van der Waals surface area contributed by atoms with E-state index in [2.05, 4.69) is 25.1 Å². The quantitative estimate of drug-likeness (QED) is 0.736. The first-order valence-electron chi connectivity index (χ1n) is 9.21. The van der Waals surface area contributed by atoms with Crippen LogP contribution in [0.1, 0.15) is 5.69 Å². The van der Waals surface area contributed by atoms with Gasteiger partial charge in [0, 0.05) is 43.6 Å². The summed E-state index contributed by atoms with van der Waals surface area (Å²) >= 11 is 0. The third-order valence-corrected chi connectivity index (χ3v) is 4.76. The molecule has 0 saturated carbocycles. The van der Waals surface area contributed by atoms with Crippen molar-refractivity contribution in [2.24, 2.45) is 0 Å². The molecule has 1 aromatic heterocycles. The van der Waals surface area contributed by atoms with Crippen molar-refractivity contribution in [3.8, 4) is 0 Å². The van der Waals surface area contributed by atoms with Crippen LogP contribution in [-0.4, -0.2) is 36.1 Å². The Morgan fingerprint density at radius 2 is 1.54 bits per heavy atom. The maximum Gasteiger partial charge on any atom is 0.229 e. The van der Waals surface area contributed by atoms with Crippen molar-refractivity contribution in [2.45, 2.75) is 6.92 Å². The first-order chi connectivity index (χ1) is 13.6. The molecule has 3 aromatic rings. The van der Waals surface area contributed by atoms with E-state index in [9.17, 15) is 8.78 Å². The van der Waals surface area contributed by atoms with Crippen molar-refractivity contribution >= 4 is 23.1 Å². The zero-order chi connectivity index (χ0) is 19.5. The van der Waals surface area contributed by atoms with Gasteiger partial charge in [0.05, 0.1) is 5.69 Å². The zero-order valence-corrected chi connectivity index (χ0v) is 15.6. The molecular weight excluding hydrogens is 360 g/mol. The van der Waals surface area contributed by atoms with Crippen molar-refractivity contribution in [1.29, 1.82) is 0 Å². The van der Waals surface area contributed by atoms with Crippen molar-refractivity contribution in [1.82, 2.24) is 9.97 Å². The molecule has 1 fully saturated rings. The van der Waals surface area contributed by atoms with E-state index in [0.717, 1.165) is 43.4 Å². The molecule has 0 atom stereocenters. The lowest BCUT2D eigenvalue weighted by Crippen LogP contribution is -2.46. The van der Waals surface area contributed by atoms with Crippen molar-refractivity contribution in [3.05, 3.63) is 71.9 Å². The number of nitrogens with one attached hydrogen (secondary N) is 1. The van der Waals surface area contributed by atoms with Gasteiger partial charge in [0.15, 0.2) is 0 Å². The van der Waals surface area contributed by atoms with Crippen LogP contribution in [0.15, 0.2) is 54.6 Å². The van der Waals surface area contributed by atoms with Crippen molar-refractivity contribution in [2.75, 3.05) is 41.3 Å². The number of nitrogens with zero attached hydrogens (tertiary/aromatic N) is 4. The van der Waals surface area contributed by atoms with E-state index in [4.69, 9.17) is 0 Å². The maximum atomic E-state index is 13.9. The molecule has 28 heavy (non-hydrogen) atoms. The minimum Gasteiger partial charge on any atom is -0.368 e. The molecule has 144 valence electrons. The van der Waals surface area contributed by atoms with Gasteiger partial charge >= 0.3 is 0 Å². The average molecular weight is 381 g/mol. The zero-order valence-electron chi connectivity index (χ0n) is 15.6. The molecule has 1 aliphatic rings. The Hall–Kier alpha value is -3.22. The number of hydrogen-bond acceptors (Lipinski definition) is 5. The summed E-state index contributed by atoms with van der Waals surface area (Å²) in [5.41, 5.74) is 2.17. The lowest BCUT2D eigenvalue weighted by Gasteiger charge is -2.36. The van der Waals surface area contributed by atoms with Gasteiger partial charge < -0.3 is 15.1 Å². The molecule has 0 aliphatic carbocycles. The Balaban J connectivity index is 1.47. The number of aromatic nitrogens is 2. The summed E-state index contributed by atoms with van der Waals surface area (Å²) in [4.78, 5) is 13.4. The highest BCUT2D eigenvalue weighted by atomic mass is 19.1. The summed E-state index contributed by atoms with van der Waals surface area (Å²) < 4.78 is 27.0. The minimum absolute atomic E-state index is 0.228. The van der Waals surface area contributed by atoms with E-state index >= 15 is 0 Å². The monoisotopic (exact) mass is 381 g/mol. The molecule has 0 radical (unpaired) electrons. The normalized spacial score (nSPS) is 14.2. The highest BCUT2D eigenvalue weighted by molar-refractivity contribution is 5.57. The lowest BCUT2D eigenvalue weighted by molar-refractivity contribution is 0.624. The van der Waals surface area contributed by atoms with Crippen LogP contribution in [0.4, 0.5) is 31.9 Å². The Morgan fingerprint density at radius 1 is 0.857 bits per heavy atom. The van der Waals surface area contributed by atoms with Crippen LogP contribution < -0.4 is 15.1 Å². The molecule has 2 aromatic carbocycles. The number of halogens is 2. The summed E-state index contributed by atoms with van der Waals surface area (Å²) in [6.45, 7) is 5.09. The summed E-state index contributed by atoms with van der Waals surface area (Å²) in [5.74, 6) is 0.613. The van der Waals surface area contributed by atoms with Gasteiger partial charge in [-0.3, -0.25) is 0 Å². The van der Waals surface area contributed by atoms with Gasteiger partial charge in [0.1, 0.15) is 17.5 Å². The second-order valence-electron chi connectivity index (χ2n) is 6.75. The van der Waals surface area contributed by atoms with Crippen LogP contribution in [-0.2, 0) is 0 Å². The largest absolute Gasteiger partial charge is 0.368 e. The molecule has 1 N–H and O–H groups in total. The number of aryl methyl sites for hydroxylation is 1. The van der Waals surface area contributed by atoms with E-state index in [1.165, 1.54) is 18.2 Å². The first kappa shape index (κ1) is 18.2. The van der Waals surface area contributed by atoms with Crippen molar-refractivity contribution < 1.29 is 8.78 Å². The molecular formula is C21H21F2N5. The predicted molar refractivity (Wildman–Crippen MR) is 107 cm³/mol. The number of benzene rings is 2. The Labute approximate surface area is 162 Å². The number of anilines is 4. The van der Waals surface area contributed by atoms with Gasteiger partial charge in [-0.05, 0) is 43.3 Å². The molecule has 1 aliphatic heterocycles. The molecule has 1 saturated heterocycles. The van der Waals surface area contributed by atoms with Crippen LogP contribution in [0, 0.1) is 18.6 Å². The smallest absolute Gasteiger partial charge is 0.229 e. The average Bonchev–Trinajstić information content (AvgIpc) is 2.70. The number of piperazine rings is 1. The molecule has 2 heterocycles. The van der Waals surface area contributed by atoms with Crippen LogP contribution in [0.25, 0.3) is 0 Å². The fourth-order valence-corrected chi connectivity index (χ4v) is 3.30. The van der Waals surface area contributed by atoms with Gasteiger partial charge in [-0.1, -0.05) is 12.1 Å². The molecule has 0 spiro atoms. The molecule has 4 rings (SSSR count). The van der Waals surface area contributed by atoms with E-state index in [-0.39, 0.29) is 11.6 Å². The Bertz CT molecular complexity index is 953. The van der Waals surface area contributed by atoms with Crippen LogP contribution in [0.3, 0.4) is 0 Å². The Morgan fingerprint density at radius 3 is 2.25 bits per heavy atom. The number of rotatable bonds is 4. The second-order valence-corrected chi connectivity index (χ2v) is 6.75. The summed E-state index contributed by atoms with van der Waals surface area (Å²) in [7, 11) is 0. The molecule has 7 heteroatoms. The van der Waals surface area contributed by atoms with E-state index in [1.54, 1.807) is 30.3 Å². The van der Waals surface area contributed by atoms with E-state index in [0.29, 0.717) is 11.6 Å². The molecule has 0 amide bonds. The first-order valence-corrected chi connectivity index (χ1v) is 9.21.